The minimum absolute atomic E-state index is 0.165. The first-order chi connectivity index (χ1) is 10.9. The molecule has 2 aromatic carbocycles. The molecule has 0 bridgehead atoms. The van der Waals surface area contributed by atoms with Crippen LogP contribution in [0.1, 0.15) is 31.9 Å². The highest BCUT2D eigenvalue weighted by Gasteiger charge is 2.13. The van der Waals surface area contributed by atoms with Gasteiger partial charge in [-0.1, -0.05) is 61.0 Å². The lowest BCUT2D eigenvalue weighted by Crippen LogP contribution is -2.11. The van der Waals surface area contributed by atoms with Crippen LogP contribution in [0.25, 0.3) is 11.4 Å². The number of rotatable bonds is 3. The predicted molar refractivity (Wildman–Crippen MR) is 95.2 cm³/mol. The van der Waals surface area contributed by atoms with E-state index in [-0.39, 0.29) is 5.41 Å². The van der Waals surface area contributed by atoms with Gasteiger partial charge in [0.2, 0.25) is 5.82 Å². The molecule has 1 aromatic heterocycles. The van der Waals surface area contributed by atoms with Gasteiger partial charge in [0.05, 0.1) is 6.54 Å². The molecular formula is C18H19BrN4. The van der Waals surface area contributed by atoms with Crippen molar-refractivity contribution in [3.05, 3.63) is 64.1 Å². The highest BCUT2D eigenvalue weighted by Crippen LogP contribution is 2.22. The average Bonchev–Trinajstić information content (AvgIpc) is 2.96. The Balaban J connectivity index is 1.75. The molecule has 0 saturated heterocycles. The molecule has 0 fully saturated rings. The quantitative estimate of drug-likeness (QED) is 0.683. The first kappa shape index (κ1) is 15.9. The van der Waals surface area contributed by atoms with Crippen molar-refractivity contribution in [2.75, 3.05) is 0 Å². The van der Waals surface area contributed by atoms with E-state index in [1.807, 2.05) is 24.3 Å². The highest BCUT2D eigenvalue weighted by atomic mass is 79.9. The summed E-state index contributed by atoms with van der Waals surface area (Å²) in [7, 11) is 0. The van der Waals surface area contributed by atoms with E-state index >= 15 is 0 Å². The standard InChI is InChI=1S/C18H19BrN4/c1-18(2,3)15-8-4-13(5-9-15)12-23-21-17(20-22-23)14-6-10-16(19)11-7-14/h4-11H,12H2,1-3H3. The Morgan fingerprint density at radius 1 is 0.957 bits per heavy atom. The smallest absolute Gasteiger partial charge is 0.159 e. The fraction of sp³-hybridized carbons (Fsp3) is 0.278. The summed E-state index contributed by atoms with van der Waals surface area (Å²) in [5.41, 5.74) is 3.61. The Kier molecular flexibility index (Phi) is 4.31. The molecule has 4 nitrogen and oxygen atoms in total. The fourth-order valence-corrected chi connectivity index (χ4v) is 2.56. The first-order valence-electron chi connectivity index (χ1n) is 7.55. The molecule has 3 rings (SSSR count). The second kappa shape index (κ2) is 6.24. The van der Waals surface area contributed by atoms with Gasteiger partial charge in [-0.25, -0.2) is 0 Å². The summed E-state index contributed by atoms with van der Waals surface area (Å²) in [6, 6.07) is 16.5. The van der Waals surface area contributed by atoms with Gasteiger partial charge in [0.25, 0.3) is 0 Å². The zero-order chi connectivity index (χ0) is 16.4. The van der Waals surface area contributed by atoms with Crippen LogP contribution in [-0.4, -0.2) is 20.2 Å². The van der Waals surface area contributed by atoms with Crippen molar-refractivity contribution in [3.8, 4) is 11.4 Å². The lowest BCUT2D eigenvalue weighted by Gasteiger charge is -2.19. The van der Waals surface area contributed by atoms with Gasteiger partial charge in [-0.05, 0) is 46.0 Å². The number of nitrogens with zero attached hydrogens (tertiary/aromatic N) is 4. The van der Waals surface area contributed by atoms with E-state index in [1.165, 1.54) is 5.56 Å². The number of tetrazole rings is 1. The van der Waals surface area contributed by atoms with Crippen molar-refractivity contribution in [3.63, 3.8) is 0 Å². The molecule has 0 saturated carbocycles. The third-order valence-electron chi connectivity index (χ3n) is 3.70. The molecule has 0 N–H and O–H groups in total. The highest BCUT2D eigenvalue weighted by molar-refractivity contribution is 9.10. The number of benzene rings is 2. The molecular weight excluding hydrogens is 352 g/mol. The minimum atomic E-state index is 0.165. The van der Waals surface area contributed by atoms with E-state index in [9.17, 15) is 0 Å². The predicted octanol–water partition coefficient (Wildman–Crippen LogP) is 4.45. The van der Waals surface area contributed by atoms with Crippen LogP contribution in [0.4, 0.5) is 0 Å². The molecule has 0 aliphatic heterocycles. The number of halogens is 1. The topological polar surface area (TPSA) is 43.6 Å². The first-order valence-corrected chi connectivity index (χ1v) is 8.34. The monoisotopic (exact) mass is 370 g/mol. The van der Waals surface area contributed by atoms with Crippen molar-refractivity contribution in [1.29, 1.82) is 0 Å². The van der Waals surface area contributed by atoms with Crippen molar-refractivity contribution in [2.45, 2.75) is 32.7 Å². The summed E-state index contributed by atoms with van der Waals surface area (Å²) in [6.45, 7) is 7.26. The van der Waals surface area contributed by atoms with E-state index in [4.69, 9.17) is 0 Å². The Hall–Kier alpha value is -2.01. The minimum Gasteiger partial charge on any atom is -0.159 e. The van der Waals surface area contributed by atoms with E-state index in [2.05, 4.69) is 76.4 Å². The second-order valence-electron chi connectivity index (χ2n) is 6.60. The Morgan fingerprint density at radius 3 is 2.22 bits per heavy atom. The van der Waals surface area contributed by atoms with Gasteiger partial charge in [0, 0.05) is 10.0 Å². The van der Waals surface area contributed by atoms with E-state index in [0.29, 0.717) is 12.4 Å². The van der Waals surface area contributed by atoms with E-state index in [1.54, 1.807) is 4.80 Å². The summed E-state index contributed by atoms with van der Waals surface area (Å²) in [4.78, 5) is 1.63. The molecule has 1 heterocycles. The van der Waals surface area contributed by atoms with E-state index < -0.39 is 0 Å². The van der Waals surface area contributed by atoms with Gasteiger partial charge in [-0.2, -0.15) is 4.80 Å². The lowest BCUT2D eigenvalue weighted by molar-refractivity contribution is 0.570. The Labute approximate surface area is 144 Å². The van der Waals surface area contributed by atoms with Gasteiger partial charge in [0.15, 0.2) is 0 Å². The average molecular weight is 371 g/mol. The normalized spacial score (nSPS) is 11.7. The van der Waals surface area contributed by atoms with Crippen LogP contribution in [0.5, 0.6) is 0 Å². The van der Waals surface area contributed by atoms with Crippen LogP contribution >= 0.6 is 15.9 Å². The van der Waals surface area contributed by atoms with Gasteiger partial charge in [0.1, 0.15) is 0 Å². The van der Waals surface area contributed by atoms with Crippen molar-refractivity contribution < 1.29 is 0 Å². The van der Waals surface area contributed by atoms with Crippen molar-refractivity contribution >= 4 is 15.9 Å². The summed E-state index contributed by atoms with van der Waals surface area (Å²) >= 11 is 3.43. The lowest BCUT2D eigenvalue weighted by atomic mass is 9.87. The summed E-state index contributed by atoms with van der Waals surface area (Å²) in [5.74, 6) is 0.642. The van der Waals surface area contributed by atoms with Crippen LogP contribution in [0, 0.1) is 0 Å². The largest absolute Gasteiger partial charge is 0.204 e. The molecule has 3 aromatic rings. The van der Waals surface area contributed by atoms with Gasteiger partial charge in [-0.15, -0.1) is 10.2 Å². The molecule has 23 heavy (non-hydrogen) atoms. The molecule has 0 aliphatic rings. The second-order valence-corrected chi connectivity index (χ2v) is 7.51. The summed E-state index contributed by atoms with van der Waals surface area (Å²) < 4.78 is 1.03. The third-order valence-corrected chi connectivity index (χ3v) is 4.23. The Bertz CT molecular complexity index is 783. The number of hydrogen-bond acceptors (Lipinski definition) is 3. The van der Waals surface area contributed by atoms with Crippen LogP contribution in [0.15, 0.2) is 53.0 Å². The molecule has 0 spiro atoms. The van der Waals surface area contributed by atoms with Crippen LogP contribution in [0.2, 0.25) is 0 Å². The maximum absolute atomic E-state index is 4.46. The van der Waals surface area contributed by atoms with Crippen LogP contribution < -0.4 is 0 Å². The number of hydrogen-bond donors (Lipinski definition) is 0. The molecule has 0 atom stereocenters. The zero-order valence-electron chi connectivity index (χ0n) is 13.5. The zero-order valence-corrected chi connectivity index (χ0v) is 15.1. The van der Waals surface area contributed by atoms with Crippen molar-refractivity contribution in [2.24, 2.45) is 0 Å². The molecule has 118 valence electrons. The Morgan fingerprint density at radius 2 is 1.61 bits per heavy atom. The maximum atomic E-state index is 4.46. The SMILES string of the molecule is CC(C)(C)c1ccc(Cn2nnc(-c3ccc(Br)cc3)n2)cc1. The molecule has 5 heteroatoms. The third kappa shape index (κ3) is 3.85. The van der Waals surface area contributed by atoms with Crippen LogP contribution in [0.3, 0.4) is 0 Å². The maximum Gasteiger partial charge on any atom is 0.204 e. The van der Waals surface area contributed by atoms with Gasteiger partial charge < -0.3 is 0 Å². The fourth-order valence-electron chi connectivity index (χ4n) is 2.30. The van der Waals surface area contributed by atoms with Gasteiger partial charge in [-0.3, -0.25) is 0 Å². The molecule has 0 amide bonds. The van der Waals surface area contributed by atoms with Crippen molar-refractivity contribution in [1.82, 2.24) is 20.2 Å². The molecule has 0 radical (unpaired) electrons. The van der Waals surface area contributed by atoms with Crippen LogP contribution in [-0.2, 0) is 12.0 Å². The summed E-state index contributed by atoms with van der Waals surface area (Å²) in [6.07, 6.45) is 0. The number of aromatic nitrogens is 4. The molecule has 0 unspecified atom stereocenters. The molecule has 0 aliphatic carbocycles. The van der Waals surface area contributed by atoms with Gasteiger partial charge >= 0.3 is 0 Å². The summed E-state index contributed by atoms with van der Waals surface area (Å²) in [5, 5.41) is 12.7. The van der Waals surface area contributed by atoms with E-state index in [0.717, 1.165) is 15.6 Å².